The number of amides is 2. The Morgan fingerprint density at radius 3 is 2.55 bits per heavy atom. The van der Waals surface area contributed by atoms with Crippen molar-refractivity contribution in [3.8, 4) is 5.75 Å². The Bertz CT molecular complexity index is 1030. The standard InChI is InChI=1S/C30H41FN2O5/c1-20-17-22(19-32-29(36)27(34)28(35)30(37)33-14-5-6-15-33)9-11-24(20)25-12-10-23(31)18-26(25)38-16-13-21-7-3-2-4-8-21/h9-12,17-18,20-21,24,27-28,34-35H,2-8,13-16,19H2,1H3,(H,32,36)/t20?,24?,27-,28-/m1/s1. The summed E-state index contributed by atoms with van der Waals surface area (Å²) < 4.78 is 20.2. The maximum absolute atomic E-state index is 14.1. The fourth-order valence-corrected chi connectivity index (χ4v) is 5.82. The third-order valence-electron chi connectivity index (χ3n) is 8.11. The van der Waals surface area contributed by atoms with Crippen LogP contribution in [0.4, 0.5) is 4.39 Å². The lowest BCUT2D eigenvalue weighted by Gasteiger charge is -2.27. The number of aliphatic hydroxyl groups excluding tert-OH is 2. The molecule has 1 aliphatic heterocycles. The summed E-state index contributed by atoms with van der Waals surface area (Å²) >= 11 is 0. The lowest BCUT2D eigenvalue weighted by Crippen LogP contribution is -2.50. The Kier molecular flexibility index (Phi) is 9.97. The molecule has 1 saturated carbocycles. The van der Waals surface area contributed by atoms with Gasteiger partial charge in [-0.1, -0.05) is 63.3 Å². The van der Waals surface area contributed by atoms with Crippen LogP contribution in [0.1, 0.15) is 69.8 Å². The van der Waals surface area contributed by atoms with Crippen LogP contribution >= 0.6 is 0 Å². The van der Waals surface area contributed by atoms with Crippen LogP contribution in [-0.2, 0) is 9.59 Å². The van der Waals surface area contributed by atoms with E-state index in [1.165, 1.54) is 49.1 Å². The van der Waals surface area contributed by atoms with Crippen molar-refractivity contribution in [2.45, 2.75) is 76.4 Å². The van der Waals surface area contributed by atoms with Gasteiger partial charge in [-0.2, -0.15) is 0 Å². The maximum Gasteiger partial charge on any atom is 0.254 e. The zero-order chi connectivity index (χ0) is 27.1. The number of likely N-dealkylation sites (tertiary alicyclic amines) is 1. The predicted molar refractivity (Wildman–Crippen MR) is 143 cm³/mol. The molecule has 208 valence electrons. The van der Waals surface area contributed by atoms with Gasteiger partial charge >= 0.3 is 0 Å². The normalized spacial score (nSPS) is 23.6. The van der Waals surface area contributed by atoms with Gasteiger partial charge in [0.2, 0.25) is 0 Å². The van der Waals surface area contributed by atoms with E-state index in [1.54, 1.807) is 6.07 Å². The van der Waals surface area contributed by atoms with Crippen LogP contribution in [0.15, 0.2) is 42.0 Å². The number of carbonyl (C=O) groups is 2. The van der Waals surface area contributed by atoms with Gasteiger partial charge in [0.1, 0.15) is 11.6 Å². The van der Waals surface area contributed by atoms with Crippen molar-refractivity contribution in [2.24, 2.45) is 11.8 Å². The SMILES string of the molecule is CC1C=C(CNC(=O)[C@H](O)[C@@H](O)C(=O)N2CCCC2)C=CC1c1ccc(F)cc1OCCC1CCCCC1. The van der Waals surface area contributed by atoms with Crippen LogP contribution in [0.2, 0.25) is 0 Å². The molecule has 1 aromatic carbocycles. The summed E-state index contributed by atoms with van der Waals surface area (Å²) in [5.74, 6) is -0.414. The van der Waals surface area contributed by atoms with Crippen LogP contribution in [0, 0.1) is 17.7 Å². The fourth-order valence-electron chi connectivity index (χ4n) is 5.82. The van der Waals surface area contributed by atoms with E-state index in [4.69, 9.17) is 4.74 Å². The third-order valence-corrected chi connectivity index (χ3v) is 8.11. The van der Waals surface area contributed by atoms with E-state index in [0.717, 1.165) is 30.4 Å². The minimum absolute atomic E-state index is 0.00905. The minimum atomic E-state index is -1.83. The number of aliphatic hydroxyl groups is 2. The average Bonchev–Trinajstić information content (AvgIpc) is 3.47. The van der Waals surface area contributed by atoms with Gasteiger partial charge in [0.05, 0.1) is 6.61 Å². The monoisotopic (exact) mass is 528 g/mol. The Balaban J connectivity index is 1.31. The molecule has 2 fully saturated rings. The summed E-state index contributed by atoms with van der Waals surface area (Å²) in [5.41, 5.74) is 1.77. The van der Waals surface area contributed by atoms with Crippen molar-refractivity contribution in [3.63, 3.8) is 0 Å². The van der Waals surface area contributed by atoms with Crippen molar-refractivity contribution in [2.75, 3.05) is 26.2 Å². The molecule has 1 heterocycles. The van der Waals surface area contributed by atoms with E-state index in [1.807, 2.05) is 18.2 Å². The van der Waals surface area contributed by atoms with E-state index in [9.17, 15) is 24.2 Å². The first kappa shape index (κ1) is 28.3. The highest BCUT2D eigenvalue weighted by Crippen LogP contribution is 2.37. The second-order valence-electron chi connectivity index (χ2n) is 10.9. The first-order valence-electron chi connectivity index (χ1n) is 14.1. The number of carbonyl (C=O) groups excluding carboxylic acids is 2. The molecule has 0 radical (unpaired) electrons. The van der Waals surface area contributed by atoms with Crippen LogP contribution in [0.3, 0.4) is 0 Å². The summed E-state index contributed by atoms with van der Waals surface area (Å²) in [5, 5.41) is 23.0. The number of hydrogen-bond donors (Lipinski definition) is 3. The van der Waals surface area contributed by atoms with E-state index in [0.29, 0.717) is 31.4 Å². The number of benzene rings is 1. The zero-order valence-corrected chi connectivity index (χ0v) is 22.3. The Morgan fingerprint density at radius 2 is 1.84 bits per heavy atom. The van der Waals surface area contributed by atoms with Gasteiger partial charge in [-0.15, -0.1) is 0 Å². The second-order valence-corrected chi connectivity index (χ2v) is 10.9. The Morgan fingerprint density at radius 1 is 1.11 bits per heavy atom. The van der Waals surface area contributed by atoms with E-state index in [-0.39, 0.29) is 24.2 Å². The number of hydrogen-bond acceptors (Lipinski definition) is 5. The van der Waals surface area contributed by atoms with Crippen molar-refractivity contribution < 1.29 is 28.9 Å². The van der Waals surface area contributed by atoms with Gasteiger partial charge in [0.15, 0.2) is 12.2 Å². The molecule has 3 N–H and O–H groups in total. The van der Waals surface area contributed by atoms with E-state index < -0.39 is 24.0 Å². The molecule has 2 aliphatic carbocycles. The number of nitrogens with one attached hydrogen (secondary N) is 1. The van der Waals surface area contributed by atoms with Crippen molar-refractivity contribution in [1.82, 2.24) is 10.2 Å². The highest BCUT2D eigenvalue weighted by atomic mass is 19.1. The zero-order valence-electron chi connectivity index (χ0n) is 22.3. The summed E-state index contributed by atoms with van der Waals surface area (Å²) in [4.78, 5) is 26.2. The number of halogens is 1. The van der Waals surface area contributed by atoms with Gasteiger partial charge in [-0.05, 0) is 42.7 Å². The van der Waals surface area contributed by atoms with Crippen LogP contribution in [0.25, 0.3) is 0 Å². The van der Waals surface area contributed by atoms with Crippen molar-refractivity contribution >= 4 is 11.8 Å². The minimum Gasteiger partial charge on any atom is -0.493 e. The molecule has 0 aromatic heterocycles. The first-order chi connectivity index (χ1) is 18.3. The molecule has 8 heteroatoms. The summed E-state index contributed by atoms with van der Waals surface area (Å²) in [6, 6.07) is 4.71. The van der Waals surface area contributed by atoms with Crippen LogP contribution in [0.5, 0.6) is 5.75 Å². The predicted octanol–water partition coefficient (Wildman–Crippen LogP) is 3.85. The summed E-state index contributed by atoms with van der Waals surface area (Å²) in [6.45, 7) is 3.85. The highest BCUT2D eigenvalue weighted by molar-refractivity contribution is 5.90. The summed E-state index contributed by atoms with van der Waals surface area (Å²) in [7, 11) is 0. The van der Waals surface area contributed by atoms with E-state index in [2.05, 4.69) is 12.2 Å². The maximum atomic E-state index is 14.1. The molecule has 38 heavy (non-hydrogen) atoms. The van der Waals surface area contributed by atoms with Crippen molar-refractivity contribution in [1.29, 1.82) is 0 Å². The number of rotatable bonds is 10. The molecular weight excluding hydrogens is 487 g/mol. The number of nitrogens with zero attached hydrogens (tertiary/aromatic N) is 1. The molecule has 3 aliphatic rings. The lowest BCUT2D eigenvalue weighted by atomic mass is 9.81. The Hall–Kier alpha value is -2.71. The number of ether oxygens (including phenoxy) is 1. The second kappa shape index (κ2) is 13.4. The van der Waals surface area contributed by atoms with Crippen LogP contribution in [-0.4, -0.2) is 65.4 Å². The quantitative estimate of drug-likeness (QED) is 0.429. The Labute approximate surface area is 224 Å². The molecule has 1 aromatic rings. The van der Waals surface area contributed by atoms with E-state index >= 15 is 0 Å². The topological polar surface area (TPSA) is 99.1 Å². The average molecular weight is 529 g/mol. The molecule has 2 amide bonds. The van der Waals surface area contributed by atoms with Gasteiger partial charge in [-0.3, -0.25) is 9.59 Å². The molecule has 0 bridgehead atoms. The molecular formula is C30H41FN2O5. The van der Waals surface area contributed by atoms with Gasteiger partial charge < -0.3 is 25.2 Å². The fraction of sp³-hybridized carbons (Fsp3) is 0.600. The summed E-state index contributed by atoms with van der Waals surface area (Å²) in [6.07, 6.45) is 11.4. The van der Waals surface area contributed by atoms with Crippen molar-refractivity contribution in [3.05, 3.63) is 53.4 Å². The molecule has 4 atom stereocenters. The first-order valence-corrected chi connectivity index (χ1v) is 14.1. The van der Waals surface area contributed by atoms with Gasteiger partial charge in [0.25, 0.3) is 11.8 Å². The molecule has 7 nitrogen and oxygen atoms in total. The molecule has 0 spiro atoms. The molecule has 1 saturated heterocycles. The third kappa shape index (κ3) is 7.23. The lowest BCUT2D eigenvalue weighted by molar-refractivity contribution is -0.152. The largest absolute Gasteiger partial charge is 0.493 e. The van der Waals surface area contributed by atoms with Gasteiger partial charge in [0, 0.05) is 37.2 Å². The van der Waals surface area contributed by atoms with Gasteiger partial charge in [-0.25, -0.2) is 4.39 Å². The molecule has 2 unspecified atom stereocenters. The molecule has 4 rings (SSSR count). The van der Waals surface area contributed by atoms with Crippen LogP contribution < -0.4 is 10.1 Å². The number of allylic oxidation sites excluding steroid dienone is 2. The smallest absolute Gasteiger partial charge is 0.254 e. The highest BCUT2D eigenvalue weighted by Gasteiger charge is 2.34.